The Hall–Kier alpha value is -2.15. The molecule has 0 bridgehead atoms. The van der Waals surface area contributed by atoms with E-state index in [1.54, 1.807) is 12.1 Å². The molecular weight excluding hydrogens is 254 g/mol. The van der Waals surface area contributed by atoms with E-state index in [0.29, 0.717) is 5.56 Å². The Morgan fingerprint density at radius 2 is 2.17 bits per heavy atom. The van der Waals surface area contributed by atoms with E-state index in [0.717, 1.165) is 18.0 Å². The number of carbonyl (C=O) groups excluding carboxylic acids is 1. The lowest BCUT2D eigenvalue weighted by Gasteiger charge is -2.04. The van der Waals surface area contributed by atoms with Crippen molar-refractivity contribution in [3.8, 4) is 0 Å². The van der Waals surface area contributed by atoms with E-state index in [1.807, 2.05) is 0 Å². The van der Waals surface area contributed by atoms with Crippen LogP contribution in [0, 0.1) is 0 Å². The van der Waals surface area contributed by atoms with Gasteiger partial charge in [0.1, 0.15) is 4.91 Å². The highest BCUT2D eigenvalue weighted by atomic mass is 32.2. The molecule has 6 nitrogen and oxygen atoms in total. The van der Waals surface area contributed by atoms with Crippen LogP contribution in [0.15, 0.2) is 40.6 Å². The van der Waals surface area contributed by atoms with Crippen molar-refractivity contribution in [2.75, 3.05) is 5.88 Å². The van der Waals surface area contributed by atoms with Gasteiger partial charge in [-0.1, -0.05) is 11.8 Å². The second-order valence-electron chi connectivity index (χ2n) is 3.01. The Morgan fingerprint density at radius 3 is 2.72 bits per heavy atom. The van der Waals surface area contributed by atoms with Gasteiger partial charge in [-0.2, -0.15) is 0 Å². The molecule has 7 heteroatoms. The first-order chi connectivity index (χ1) is 8.65. The summed E-state index contributed by atoms with van der Waals surface area (Å²) in [5.74, 6) is -1.26. The van der Waals surface area contributed by atoms with Crippen molar-refractivity contribution in [3.63, 3.8) is 0 Å². The summed E-state index contributed by atoms with van der Waals surface area (Å²) in [4.78, 5) is 29.5. The minimum atomic E-state index is -1.11. The Bertz CT molecular complexity index is 474. The number of pyridine rings is 1. The van der Waals surface area contributed by atoms with Gasteiger partial charge in [0.2, 0.25) is 0 Å². The van der Waals surface area contributed by atoms with Crippen molar-refractivity contribution < 1.29 is 14.7 Å². The summed E-state index contributed by atoms with van der Waals surface area (Å²) >= 11 is 0.957. The highest BCUT2D eigenvalue weighted by molar-refractivity contribution is 8.03. The van der Waals surface area contributed by atoms with Gasteiger partial charge >= 0.3 is 5.97 Å². The van der Waals surface area contributed by atoms with E-state index >= 15 is 0 Å². The molecule has 0 aliphatic heterocycles. The van der Waals surface area contributed by atoms with E-state index in [-0.39, 0.29) is 16.7 Å². The van der Waals surface area contributed by atoms with Crippen molar-refractivity contribution in [2.24, 2.45) is 4.99 Å². The summed E-state index contributed by atoms with van der Waals surface area (Å²) in [6.45, 7) is 3.18. The van der Waals surface area contributed by atoms with Gasteiger partial charge in [-0.3, -0.25) is 14.8 Å². The molecule has 1 aromatic heterocycles. The van der Waals surface area contributed by atoms with Crippen LogP contribution in [0.1, 0.15) is 10.4 Å². The van der Waals surface area contributed by atoms with Crippen LogP contribution < -0.4 is 5.32 Å². The molecule has 94 valence electrons. The Morgan fingerprint density at radius 1 is 1.50 bits per heavy atom. The van der Waals surface area contributed by atoms with Crippen LogP contribution in [0.2, 0.25) is 0 Å². The average Bonchev–Trinajstić information content (AvgIpc) is 2.38. The number of hydrogen-bond donors (Lipinski definition) is 2. The molecule has 18 heavy (non-hydrogen) atoms. The number of nitrogens with zero attached hydrogens (tertiary/aromatic N) is 2. The third-order valence-electron chi connectivity index (χ3n) is 1.82. The van der Waals surface area contributed by atoms with Gasteiger partial charge in [0.05, 0.1) is 5.88 Å². The number of rotatable bonds is 6. The van der Waals surface area contributed by atoms with Crippen molar-refractivity contribution in [1.82, 2.24) is 10.3 Å². The zero-order valence-electron chi connectivity index (χ0n) is 9.37. The molecular formula is C11H11N3O3S. The van der Waals surface area contributed by atoms with Crippen molar-refractivity contribution >= 4 is 30.4 Å². The SMILES string of the molecule is C=N/C=C(\SCNC(=O)c1ccncc1)C(=O)O. The molecule has 0 atom stereocenters. The lowest BCUT2D eigenvalue weighted by Crippen LogP contribution is -2.23. The fourth-order valence-corrected chi connectivity index (χ4v) is 1.65. The second kappa shape index (κ2) is 7.23. The summed E-state index contributed by atoms with van der Waals surface area (Å²) in [6, 6.07) is 3.14. The summed E-state index contributed by atoms with van der Waals surface area (Å²) < 4.78 is 0. The lowest BCUT2D eigenvalue weighted by atomic mass is 10.2. The quantitative estimate of drug-likeness (QED) is 0.457. The molecule has 1 amide bonds. The number of thioether (sulfide) groups is 1. The highest BCUT2D eigenvalue weighted by Gasteiger charge is 2.09. The minimum absolute atomic E-state index is 0.0139. The summed E-state index contributed by atoms with van der Waals surface area (Å²) in [5.41, 5.74) is 0.466. The second-order valence-corrected chi connectivity index (χ2v) is 4.03. The van der Waals surface area contributed by atoms with Gasteiger partial charge in [0.25, 0.3) is 5.91 Å². The van der Waals surface area contributed by atoms with E-state index in [1.165, 1.54) is 12.4 Å². The molecule has 0 fully saturated rings. The van der Waals surface area contributed by atoms with E-state index < -0.39 is 5.97 Å². The number of aromatic nitrogens is 1. The zero-order chi connectivity index (χ0) is 13.4. The van der Waals surface area contributed by atoms with Crippen LogP contribution in [0.25, 0.3) is 0 Å². The Labute approximate surface area is 108 Å². The van der Waals surface area contributed by atoms with Gasteiger partial charge in [-0.25, -0.2) is 4.79 Å². The van der Waals surface area contributed by atoms with Gasteiger partial charge in [-0.15, -0.1) is 0 Å². The number of aliphatic imine (C=N–C) groups is 1. The largest absolute Gasteiger partial charge is 0.477 e. The molecule has 0 saturated carbocycles. The summed E-state index contributed by atoms with van der Waals surface area (Å²) in [6.07, 6.45) is 4.14. The molecule has 1 rings (SSSR count). The fourth-order valence-electron chi connectivity index (χ4n) is 1.02. The van der Waals surface area contributed by atoms with E-state index in [9.17, 15) is 9.59 Å². The Kier molecular flexibility index (Phi) is 5.59. The first-order valence-corrected chi connectivity index (χ1v) is 5.84. The van der Waals surface area contributed by atoms with Crippen molar-refractivity contribution in [2.45, 2.75) is 0 Å². The number of carboxylic acid groups (broad SMARTS) is 1. The first-order valence-electron chi connectivity index (χ1n) is 4.85. The highest BCUT2D eigenvalue weighted by Crippen LogP contribution is 2.14. The maximum absolute atomic E-state index is 11.6. The summed E-state index contributed by atoms with van der Waals surface area (Å²) in [7, 11) is 0. The number of aliphatic carboxylic acids is 1. The van der Waals surface area contributed by atoms with Crippen molar-refractivity contribution in [1.29, 1.82) is 0 Å². The van der Waals surface area contributed by atoms with E-state index in [4.69, 9.17) is 5.11 Å². The standard InChI is InChI=1S/C11H11N3O3S/c1-12-6-9(11(16)17)18-7-14-10(15)8-2-4-13-5-3-8/h2-6H,1,7H2,(H,14,15)(H,16,17)/b9-6-. The maximum atomic E-state index is 11.6. The van der Waals surface area contributed by atoms with Crippen LogP contribution in [0.5, 0.6) is 0 Å². The van der Waals surface area contributed by atoms with Crippen LogP contribution in [-0.4, -0.2) is 34.6 Å². The van der Waals surface area contributed by atoms with Gasteiger partial charge in [0, 0.05) is 24.2 Å². The fraction of sp³-hybridized carbons (Fsp3) is 0.0909. The molecule has 1 heterocycles. The molecule has 0 spiro atoms. The molecule has 1 aromatic rings. The normalized spacial score (nSPS) is 10.8. The molecule has 0 unspecified atom stereocenters. The monoisotopic (exact) mass is 265 g/mol. The predicted molar refractivity (Wildman–Crippen MR) is 69.4 cm³/mol. The average molecular weight is 265 g/mol. The van der Waals surface area contributed by atoms with Crippen LogP contribution >= 0.6 is 11.8 Å². The van der Waals surface area contributed by atoms with Crippen LogP contribution in [-0.2, 0) is 4.79 Å². The third kappa shape index (κ3) is 4.38. The van der Waals surface area contributed by atoms with Crippen molar-refractivity contribution in [3.05, 3.63) is 41.2 Å². The predicted octanol–water partition coefficient (Wildman–Crippen LogP) is 1.13. The maximum Gasteiger partial charge on any atom is 0.343 e. The van der Waals surface area contributed by atoms with Gasteiger partial charge in [0.15, 0.2) is 0 Å². The summed E-state index contributed by atoms with van der Waals surface area (Å²) in [5, 5.41) is 11.4. The molecule has 0 aliphatic carbocycles. The molecule has 2 N–H and O–H groups in total. The zero-order valence-corrected chi connectivity index (χ0v) is 10.2. The minimum Gasteiger partial charge on any atom is -0.477 e. The lowest BCUT2D eigenvalue weighted by molar-refractivity contribution is -0.131. The number of carbonyl (C=O) groups is 2. The molecule has 0 aromatic carbocycles. The number of amides is 1. The molecule has 0 radical (unpaired) electrons. The first kappa shape index (κ1) is 13.9. The number of hydrogen-bond acceptors (Lipinski definition) is 5. The van der Waals surface area contributed by atoms with Crippen LogP contribution in [0.3, 0.4) is 0 Å². The van der Waals surface area contributed by atoms with Gasteiger partial charge < -0.3 is 10.4 Å². The smallest absolute Gasteiger partial charge is 0.343 e. The number of carboxylic acids is 1. The van der Waals surface area contributed by atoms with Gasteiger partial charge in [-0.05, 0) is 18.9 Å². The molecule has 0 aliphatic rings. The Balaban J connectivity index is 2.47. The third-order valence-corrected chi connectivity index (χ3v) is 2.70. The van der Waals surface area contributed by atoms with Crippen LogP contribution in [0.4, 0.5) is 0 Å². The number of nitrogens with one attached hydrogen (secondary N) is 1. The molecule has 0 saturated heterocycles. The topological polar surface area (TPSA) is 91.7 Å². The van der Waals surface area contributed by atoms with E-state index in [2.05, 4.69) is 22.0 Å².